The Labute approximate surface area is 105 Å². The number of quaternary nitrogens is 1. The highest BCUT2D eigenvalue weighted by Gasteiger charge is 2.57. The second-order valence-electron chi connectivity index (χ2n) is 4.78. The van der Waals surface area contributed by atoms with E-state index in [0.29, 0.717) is 0 Å². The van der Waals surface area contributed by atoms with Crippen molar-refractivity contribution >= 4 is 0 Å². The lowest BCUT2D eigenvalue weighted by atomic mass is 10.1. The summed E-state index contributed by atoms with van der Waals surface area (Å²) in [7, 11) is 0. The molecule has 1 aliphatic heterocycles. The number of hydrogen-bond acceptors (Lipinski definition) is 1. The summed E-state index contributed by atoms with van der Waals surface area (Å²) in [6, 6.07) is 0. The third-order valence-electron chi connectivity index (χ3n) is 3.52. The van der Waals surface area contributed by atoms with Crippen LogP contribution in [0.25, 0.3) is 0 Å². The van der Waals surface area contributed by atoms with Crippen LogP contribution in [0.4, 0.5) is 0 Å². The first-order chi connectivity index (χ1) is 6.64. The molecule has 0 N–H and O–H groups in total. The number of nitrogens with zero attached hydrogens (tertiary/aromatic N) is 1. The summed E-state index contributed by atoms with van der Waals surface area (Å²) < 4.78 is 6.88. The molecule has 1 heterocycles. The lowest BCUT2D eigenvalue weighted by Crippen LogP contribution is -3.00. The molecule has 0 saturated carbocycles. The largest absolute Gasteiger partial charge is 1.00 e. The van der Waals surface area contributed by atoms with Gasteiger partial charge in [-0.15, -0.1) is 0 Å². The molecule has 1 rings (SSSR count). The summed E-state index contributed by atoms with van der Waals surface area (Å²) in [6.45, 7) is 13.9. The van der Waals surface area contributed by atoms with Crippen LogP contribution in [0.15, 0.2) is 0 Å². The molecule has 0 aromatic heterocycles. The molecule has 15 heavy (non-hydrogen) atoms. The summed E-state index contributed by atoms with van der Waals surface area (Å²) in [5, 5.41) is 0. The standard InChI is InChI=1S/C12H26NO.BrH/c1-5-8-13(9-6-2,10-7-3)12(4)11-14-12;/h5-11H2,1-4H3;1H/q+1;/p-1. The zero-order valence-corrected chi connectivity index (χ0v) is 12.3. The molecular formula is C12H26BrNO. The third-order valence-corrected chi connectivity index (χ3v) is 3.52. The topological polar surface area (TPSA) is 12.5 Å². The van der Waals surface area contributed by atoms with Crippen molar-refractivity contribution in [2.24, 2.45) is 0 Å². The Balaban J connectivity index is 0.00000196. The van der Waals surface area contributed by atoms with E-state index in [-0.39, 0.29) is 22.7 Å². The Morgan fingerprint density at radius 1 is 1.00 bits per heavy atom. The predicted molar refractivity (Wildman–Crippen MR) is 60.1 cm³/mol. The minimum absolute atomic E-state index is 0. The molecule has 0 aromatic rings. The highest BCUT2D eigenvalue weighted by molar-refractivity contribution is 4.78. The van der Waals surface area contributed by atoms with E-state index in [1.165, 1.54) is 43.4 Å². The summed E-state index contributed by atoms with van der Waals surface area (Å²) in [4.78, 5) is 0. The molecule has 0 bridgehead atoms. The Hall–Kier alpha value is 0.400. The number of rotatable bonds is 7. The number of ether oxygens (including phenoxy) is 1. The van der Waals surface area contributed by atoms with Gasteiger partial charge in [0, 0.05) is 6.92 Å². The van der Waals surface area contributed by atoms with Crippen LogP contribution in [0.3, 0.4) is 0 Å². The molecule has 1 fully saturated rings. The van der Waals surface area contributed by atoms with Crippen molar-refractivity contribution in [2.45, 2.75) is 52.7 Å². The smallest absolute Gasteiger partial charge is 0.224 e. The van der Waals surface area contributed by atoms with Gasteiger partial charge in [-0.05, 0) is 19.3 Å². The van der Waals surface area contributed by atoms with Crippen LogP contribution in [0.1, 0.15) is 47.0 Å². The van der Waals surface area contributed by atoms with Gasteiger partial charge in [0.2, 0.25) is 5.72 Å². The number of epoxide rings is 1. The zero-order chi connectivity index (χ0) is 10.7. The summed E-state index contributed by atoms with van der Waals surface area (Å²) >= 11 is 0. The molecule has 2 nitrogen and oxygen atoms in total. The lowest BCUT2D eigenvalue weighted by molar-refractivity contribution is -0.970. The van der Waals surface area contributed by atoms with Gasteiger partial charge in [-0.25, -0.2) is 0 Å². The monoisotopic (exact) mass is 279 g/mol. The van der Waals surface area contributed by atoms with Crippen LogP contribution in [0.5, 0.6) is 0 Å². The van der Waals surface area contributed by atoms with E-state index >= 15 is 0 Å². The first kappa shape index (κ1) is 15.4. The predicted octanol–water partition coefficient (Wildman–Crippen LogP) is -0.216. The van der Waals surface area contributed by atoms with E-state index in [2.05, 4.69) is 27.7 Å². The third kappa shape index (κ3) is 3.18. The molecule has 0 aliphatic carbocycles. The van der Waals surface area contributed by atoms with Crippen molar-refractivity contribution in [1.82, 2.24) is 0 Å². The average molecular weight is 280 g/mol. The van der Waals surface area contributed by atoms with Crippen molar-refractivity contribution in [3.05, 3.63) is 0 Å². The van der Waals surface area contributed by atoms with E-state index in [9.17, 15) is 0 Å². The van der Waals surface area contributed by atoms with Crippen molar-refractivity contribution in [1.29, 1.82) is 0 Å². The van der Waals surface area contributed by atoms with Crippen LogP contribution in [0, 0.1) is 0 Å². The van der Waals surface area contributed by atoms with Gasteiger partial charge in [-0.1, -0.05) is 20.8 Å². The maximum absolute atomic E-state index is 5.69. The van der Waals surface area contributed by atoms with Crippen LogP contribution in [0.2, 0.25) is 0 Å². The van der Waals surface area contributed by atoms with Crippen molar-refractivity contribution in [3.63, 3.8) is 0 Å². The fourth-order valence-electron chi connectivity index (χ4n) is 2.71. The highest BCUT2D eigenvalue weighted by atomic mass is 79.9. The minimum atomic E-state index is 0. The Kier molecular flexibility index (Phi) is 6.38. The first-order valence-corrected chi connectivity index (χ1v) is 6.14. The van der Waals surface area contributed by atoms with E-state index in [4.69, 9.17) is 4.74 Å². The van der Waals surface area contributed by atoms with Crippen LogP contribution >= 0.6 is 0 Å². The highest BCUT2D eigenvalue weighted by Crippen LogP contribution is 2.38. The van der Waals surface area contributed by atoms with Gasteiger partial charge in [0.25, 0.3) is 0 Å². The van der Waals surface area contributed by atoms with E-state index in [0.717, 1.165) is 6.61 Å². The second-order valence-corrected chi connectivity index (χ2v) is 4.78. The summed E-state index contributed by atoms with van der Waals surface area (Å²) in [5.41, 5.74) is 0.155. The summed E-state index contributed by atoms with van der Waals surface area (Å²) in [5.74, 6) is 0. The average Bonchev–Trinajstić information content (AvgIpc) is 2.86. The molecule has 1 aliphatic rings. The fourth-order valence-corrected chi connectivity index (χ4v) is 2.71. The van der Waals surface area contributed by atoms with Crippen LogP contribution in [-0.2, 0) is 4.74 Å². The Morgan fingerprint density at radius 3 is 1.53 bits per heavy atom. The molecule has 0 aromatic carbocycles. The maximum Gasteiger partial charge on any atom is 0.224 e. The maximum atomic E-state index is 5.69. The first-order valence-electron chi connectivity index (χ1n) is 6.14. The van der Waals surface area contributed by atoms with Gasteiger partial charge in [0.1, 0.15) is 6.61 Å². The quantitative estimate of drug-likeness (QED) is 0.464. The Morgan fingerprint density at radius 2 is 1.33 bits per heavy atom. The Bertz CT molecular complexity index is 163. The zero-order valence-electron chi connectivity index (χ0n) is 10.7. The fraction of sp³-hybridized carbons (Fsp3) is 1.00. The number of halogens is 1. The molecule has 92 valence electrons. The molecule has 0 amide bonds. The van der Waals surface area contributed by atoms with Gasteiger partial charge in [0.15, 0.2) is 0 Å². The molecule has 0 radical (unpaired) electrons. The van der Waals surface area contributed by atoms with Gasteiger partial charge in [-0.3, -0.25) is 4.48 Å². The van der Waals surface area contributed by atoms with Gasteiger partial charge in [-0.2, -0.15) is 0 Å². The molecule has 1 atom stereocenters. The van der Waals surface area contributed by atoms with Crippen molar-refractivity contribution in [3.8, 4) is 0 Å². The SMILES string of the molecule is CCC[N+](CCC)(CCC)C1(C)CO1.[Br-]. The molecular weight excluding hydrogens is 254 g/mol. The summed E-state index contributed by atoms with van der Waals surface area (Å²) in [6.07, 6.45) is 3.79. The molecule has 1 saturated heterocycles. The normalized spacial score (nSPS) is 24.8. The second kappa shape index (κ2) is 6.21. The van der Waals surface area contributed by atoms with E-state index < -0.39 is 0 Å². The van der Waals surface area contributed by atoms with Crippen molar-refractivity contribution in [2.75, 3.05) is 26.2 Å². The molecule has 3 heteroatoms. The van der Waals surface area contributed by atoms with E-state index in [1.54, 1.807) is 0 Å². The lowest BCUT2D eigenvalue weighted by Gasteiger charge is -2.41. The minimum Gasteiger partial charge on any atom is -1.00 e. The molecule has 0 spiro atoms. The van der Waals surface area contributed by atoms with E-state index in [1.807, 2.05) is 0 Å². The number of hydrogen-bond donors (Lipinski definition) is 0. The van der Waals surface area contributed by atoms with Gasteiger partial charge >= 0.3 is 0 Å². The van der Waals surface area contributed by atoms with Crippen molar-refractivity contribution < 1.29 is 26.2 Å². The van der Waals surface area contributed by atoms with Crippen LogP contribution in [-0.4, -0.2) is 36.4 Å². The van der Waals surface area contributed by atoms with Gasteiger partial charge in [0.05, 0.1) is 19.6 Å². The van der Waals surface area contributed by atoms with Crippen LogP contribution < -0.4 is 17.0 Å². The molecule has 1 unspecified atom stereocenters. The van der Waals surface area contributed by atoms with Gasteiger partial charge < -0.3 is 21.7 Å².